The summed E-state index contributed by atoms with van der Waals surface area (Å²) in [4.78, 5) is 27.8. The zero-order valence-corrected chi connectivity index (χ0v) is 17.0. The van der Waals surface area contributed by atoms with Gasteiger partial charge >= 0.3 is 6.18 Å². The molecule has 3 atom stereocenters. The Bertz CT molecular complexity index is 790. The average Bonchev–Trinajstić information content (AvgIpc) is 3.31. The molecule has 2 saturated carbocycles. The lowest BCUT2D eigenvalue weighted by atomic mass is 9.86. The number of fused-ring (bicyclic) bond motifs is 2. The smallest absolute Gasteiger partial charge is 0.331 e. The van der Waals surface area contributed by atoms with Gasteiger partial charge in [-0.15, -0.1) is 0 Å². The highest BCUT2D eigenvalue weighted by Crippen LogP contribution is 2.49. The van der Waals surface area contributed by atoms with Crippen LogP contribution in [-0.2, 0) is 15.8 Å². The number of anilines is 1. The largest absolute Gasteiger partial charge is 0.418 e. The molecule has 3 aliphatic rings. The van der Waals surface area contributed by atoms with E-state index < -0.39 is 17.6 Å². The fourth-order valence-electron chi connectivity index (χ4n) is 5.49. The Hall–Kier alpha value is -2.09. The SMILES string of the molecule is O=C(C[NH+]1CCN(C(=O)C[C@H]2C[C@@H]3CC[C@@H]2C3)CC1)Nc1ccccc1C(F)(F)F. The van der Waals surface area contributed by atoms with Gasteiger partial charge in [0.15, 0.2) is 6.54 Å². The number of carbonyl (C=O) groups is 2. The third-order valence-corrected chi connectivity index (χ3v) is 7.06. The van der Waals surface area contributed by atoms with Crippen LogP contribution in [0.1, 0.15) is 37.7 Å². The first-order valence-corrected chi connectivity index (χ1v) is 10.9. The summed E-state index contributed by atoms with van der Waals surface area (Å²) in [6.45, 7) is 2.57. The van der Waals surface area contributed by atoms with Gasteiger partial charge in [0, 0.05) is 6.42 Å². The second kappa shape index (κ2) is 8.57. The number of quaternary nitrogens is 1. The molecular formula is C22H29F3N3O2+. The van der Waals surface area contributed by atoms with E-state index in [4.69, 9.17) is 0 Å². The molecule has 2 N–H and O–H groups in total. The van der Waals surface area contributed by atoms with Gasteiger partial charge in [-0.25, -0.2) is 0 Å². The zero-order valence-electron chi connectivity index (χ0n) is 17.0. The van der Waals surface area contributed by atoms with E-state index in [0.29, 0.717) is 38.5 Å². The number of benzene rings is 1. The van der Waals surface area contributed by atoms with Crippen molar-refractivity contribution < 1.29 is 27.7 Å². The molecule has 1 heterocycles. The molecule has 1 aromatic rings. The Morgan fingerprint density at radius 1 is 1.10 bits per heavy atom. The molecule has 0 radical (unpaired) electrons. The Morgan fingerprint density at radius 2 is 1.83 bits per heavy atom. The minimum absolute atomic E-state index is 0.0978. The zero-order chi connectivity index (χ0) is 21.3. The van der Waals surface area contributed by atoms with Crippen molar-refractivity contribution in [1.29, 1.82) is 0 Å². The fourth-order valence-corrected chi connectivity index (χ4v) is 5.49. The molecule has 1 saturated heterocycles. The number of hydrogen-bond acceptors (Lipinski definition) is 2. The first kappa shape index (κ1) is 21.2. The lowest BCUT2D eigenvalue weighted by Crippen LogP contribution is -3.15. The van der Waals surface area contributed by atoms with Crippen molar-refractivity contribution in [1.82, 2.24) is 4.90 Å². The van der Waals surface area contributed by atoms with Crippen LogP contribution >= 0.6 is 0 Å². The summed E-state index contributed by atoms with van der Waals surface area (Å²) < 4.78 is 39.2. The van der Waals surface area contributed by atoms with E-state index in [0.717, 1.165) is 22.8 Å². The Kier molecular flexibility index (Phi) is 6.04. The summed E-state index contributed by atoms with van der Waals surface area (Å²) in [5, 5.41) is 2.40. The van der Waals surface area contributed by atoms with Crippen LogP contribution in [0.4, 0.5) is 18.9 Å². The third kappa shape index (κ3) is 4.79. The van der Waals surface area contributed by atoms with E-state index in [2.05, 4.69) is 5.32 Å². The number of halogens is 3. The van der Waals surface area contributed by atoms with E-state index in [1.54, 1.807) is 0 Å². The summed E-state index contributed by atoms with van der Waals surface area (Å²) in [6, 6.07) is 5.00. The Balaban J connectivity index is 1.23. The van der Waals surface area contributed by atoms with Crippen LogP contribution < -0.4 is 10.2 Å². The second-order valence-corrected chi connectivity index (χ2v) is 9.04. The molecule has 30 heavy (non-hydrogen) atoms. The Labute approximate surface area is 174 Å². The van der Waals surface area contributed by atoms with E-state index in [1.165, 1.54) is 43.9 Å². The fraction of sp³-hybridized carbons (Fsp3) is 0.636. The number of nitrogens with one attached hydrogen (secondary N) is 2. The van der Waals surface area contributed by atoms with Crippen molar-refractivity contribution in [2.45, 2.75) is 38.3 Å². The number of para-hydroxylation sites is 1. The monoisotopic (exact) mass is 424 g/mol. The predicted octanol–water partition coefficient (Wildman–Crippen LogP) is 2.20. The van der Waals surface area contributed by atoms with Gasteiger partial charge in [0.05, 0.1) is 37.4 Å². The van der Waals surface area contributed by atoms with Gasteiger partial charge in [-0.1, -0.05) is 18.6 Å². The standard InChI is InChI=1S/C22H28F3N3O2/c23-22(24,25)18-3-1-2-4-19(18)26-20(29)14-27-7-9-28(10-8-27)21(30)13-17-12-15-5-6-16(17)11-15/h1-4,15-17H,5-14H2,(H,26,29)/p+1/t15-,16-,17-/m1/s1. The third-order valence-electron chi connectivity index (χ3n) is 7.06. The number of amides is 2. The number of carbonyl (C=O) groups excluding carboxylic acids is 2. The number of nitrogens with zero attached hydrogens (tertiary/aromatic N) is 1. The first-order valence-electron chi connectivity index (χ1n) is 10.9. The summed E-state index contributed by atoms with van der Waals surface area (Å²) >= 11 is 0. The van der Waals surface area contributed by atoms with Gasteiger partial charge in [0.25, 0.3) is 5.91 Å². The van der Waals surface area contributed by atoms with E-state index in [9.17, 15) is 22.8 Å². The molecule has 2 amide bonds. The molecule has 5 nitrogen and oxygen atoms in total. The number of piperazine rings is 1. The van der Waals surface area contributed by atoms with Crippen LogP contribution in [-0.4, -0.2) is 49.4 Å². The molecule has 1 aromatic carbocycles. The second-order valence-electron chi connectivity index (χ2n) is 9.04. The molecule has 2 aliphatic carbocycles. The van der Waals surface area contributed by atoms with E-state index in [-0.39, 0.29) is 18.1 Å². The van der Waals surface area contributed by atoms with Gasteiger partial charge < -0.3 is 15.1 Å². The van der Waals surface area contributed by atoms with Crippen molar-refractivity contribution >= 4 is 17.5 Å². The van der Waals surface area contributed by atoms with E-state index in [1.807, 2.05) is 4.90 Å². The molecular weight excluding hydrogens is 395 g/mol. The summed E-state index contributed by atoms with van der Waals surface area (Å²) in [5.74, 6) is 1.88. The molecule has 164 valence electrons. The van der Waals surface area contributed by atoms with Gasteiger partial charge in [0.2, 0.25) is 5.91 Å². The maximum Gasteiger partial charge on any atom is 0.418 e. The molecule has 0 spiro atoms. The van der Waals surface area contributed by atoms with Crippen molar-refractivity contribution in [3.63, 3.8) is 0 Å². The van der Waals surface area contributed by atoms with Crippen LogP contribution in [0.15, 0.2) is 24.3 Å². The van der Waals surface area contributed by atoms with Gasteiger partial charge in [0.1, 0.15) is 0 Å². The Morgan fingerprint density at radius 3 is 2.47 bits per heavy atom. The van der Waals surface area contributed by atoms with Crippen LogP contribution in [0.3, 0.4) is 0 Å². The van der Waals surface area contributed by atoms with Crippen molar-refractivity contribution in [3.8, 4) is 0 Å². The maximum absolute atomic E-state index is 13.1. The van der Waals surface area contributed by atoms with Crippen molar-refractivity contribution in [2.75, 3.05) is 38.0 Å². The van der Waals surface area contributed by atoms with Gasteiger partial charge in [-0.2, -0.15) is 13.2 Å². The molecule has 1 aliphatic heterocycles. The first-order chi connectivity index (χ1) is 14.3. The topological polar surface area (TPSA) is 53.9 Å². The molecule has 8 heteroatoms. The number of alkyl halides is 3. The van der Waals surface area contributed by atoms with Gasteiger partial charge in [-0.3, -0.25) is 9.59 Å². The lowest BCUT2D eigenvalue weighted by Gasteiger charge is -2.33. The summed E-state index contributed by atoms with van der Waals surface area (Å²) in [6.07, 6.45) is 1.22. The molecule has 0 unspecified atom stereocenters. The number of hydrogen-bond donors (Lipinski definition) is 2. The van der Waals surface area contributed by atoms with Crippen LogP contribution in [0.25, 0.3) is 0 Å². The lowest BCUT2D eigenvalue weighted by molar-refractivity contribution is -0.895. The normalized spacial score (nSPS) is 26.8. The molecule has 2 bridgehead atoms. The minimum Gasteiger partial charge on any atom is -0.331 e. The average molecular weight is 424 g/mol. The van der Waals surface area contributed by atoms with Crippen molar-refractivity contribution in [3.05, 3.63) is 29.8 Å². The van der Waals surface area contributed by atoms with Crippen LogP contribution in [0.5, 0.6) is 0 Å². The van der Waals surface area contributed by atoms with E-state index >= 15 is 0 Å². The highest BCUT2D eigenvalue weighted by atomic mass is 19.4. The molecule has 3 fully saturated rings. The minimum atomic E-state index is -4.51. The van der Waals surface area contributed by atoms with Crippen LogP contribution in [0.2, 0.25) is 0 Å². The highest BCUT2D eigenvalue weighted by molar-refractivity contribution is 5.92. The number of rotatable bonds is 5. The molecule has 4 rings (SSSR count). The summed E-state index contributed by atoms with van der Waals surface area (Å²) in [5.41, 5.74) is -1.06. The maximum atomic E-state index is 13.1. The quantitative estimate of drug-likeness (QED) is 0.762. The van der Waals surface area contributed by atoms with Crippen LogP contribution in [0, 0.1) is 17.8 Å². The predicted molar refractivity (Wildman–Crippen MR) is 106 cm³/mol. The molecule has 0 aromatic heterocycles. The van der Waals surface area contributed by atoms with Crippen molar-refractivity contribution in [2.24, 2.45) is 17.8 Å². The highest BCUT2D eigenvalue weighted by Gasteiger charge is 2.41. The van der Waals surface area contributed by atoms with Gasteiger partial charge in [-0.05, 0) is 49.1 Å². The summed E-state index contributed by atoms with van der Waals surface area (Å²) in [7, 11) is 0.